The highest BCUT2D eigenvalue weighted by Crippen LogP contribution is 2.38. The molecule has 0 aliphatic heterocycles. The van der Waals surface area contributed by atoms with Gasteiger partial charge in [0.2, 0.25) is 5.75 Å². The second kappa shape index (κ2) is 13.6. The Balaban J connectivity index is 0.00000450. The molecule has 2 aromatic carbocycles. The summed E-state index contributed by atoms with van der Waals surface area (Å²) in [5, 5.41) is 9.62. The summed E-state index contributed by atoms with van der Waals surface area (Å²) in [5.41, 5.74) is 1.13. The number of carbonyl (C=O) groups is 1. The van der Waals surface area contributed by atoms with Crippen LogP contribution in [-0.4, -0.2) is 68.9 Å². The van der Waals surface area contributed by atoms with Crippen LogP contribution >= 0.6 is 12.4 Å². The van der Waals surface area contributed by atoms with Crippen LogP contribution in [-0.2, 0) is 0 Å². The van der Waals surface area contributed by atoms with Crippen LogP contribution in [0.4, 0.5) is 5.69 Å². The van der Waals surface area contributed by atoms with Gasteiger partial charge in [-0.2, -0.15) is 0 Å². The monoisotopic (exact) mass is 456 g/mol. The van der Waals surface area contributed by atoms with Gasteiger partial charge in [0.05, 0.1) is 21.3 Å². The molecular weight excluding hydrogens is 424 g/mol. The lowest BCUT2D eigenvalue weighted by Gasteiger charge is -2.27. The second-order valence-corrected chi connectivity index (χ2v) is 6.41. The molecule has 174 valence electrons. The first-order valence-corrected chi connectivity index (χ1v) is 9.62. The normalized spacial score (nSPS) is 10.0. The molecule has 8 nitrogen and oxygen atoms in total. The van der Waals surface area contributed by atoms with Gasteiger partial charge in [0.1, 0.15) is 5.75 Å². The minimum Gasteiger partial charge on any atom is -0.508 e. The lowest BCUT2D eigenvalue weighted by Crippen LogP contribution is -2.38. The molecule has 0 fully saturated rings. The van der Waals surface area contributed by atoms with Crippen molar-refractivity contribution in [1.82, 2.24) is 4.90 Å². The molecule has 9 heteroatoms. The van der Waals surface area contributed by atoms with Crippen molar-refractivity contribution in [3.05, 3.63) is 42.0 Å². The van der Waals surface area contributed by atoms with E-state index in [0.29, 0.717) is 35.0 Å². The molecule has 0 saturated carbocycles. The van der Waals surface area contributed by atoms with E-state index in [-0.39, 0.29) is 29.5 Å². The van der Waals surface area contributed by atoms with E-state index in [1.54, 1.807) is 41.3 Å². The van der Waals surface area contributed by atoms with Crippen molar-refractivity contribution >= 4 is 24.0 Å². The zero-order valence-corrected chi connectivity index (χ0v) is 19.5. The minimum atomic E-state index is -0.193. The Hall–Kier alpha value is -2.68. The average molecular weight is 457 g/mol. The van der Waals surface area contributed by atoms with Crippen LogP contribution in [0.25, 0.3) is 0 Å². The number of hydrogen-bond acceptors (Lipinski definition) is 6. The van der Waals surface area contributed by atoms with Gasteiger partial charge in [0.15, 0.2) is 11.5 Å². The summed E-state index contributed by atoms with van der Waals surface area (Å²) in [6, 6.07) is 9.90. The van der Waals surface area contributed by atoms with Crippen LogP contribution < -0.4 is 19.1 Å². The Morgan fingerprint density at radius 1 is 0.903 bits per heavy atom. The predicted molar refractivity (Wildman–Crippen MR) is 125 cm³/mol. The fraction of sp³-hybridized carbons (Fsp3) is 0.409. The van der Waals surface area contributed by atoms with Gasteiger partial charge in [-0.05, 0) is 49.5 Å². The van der Waals surface area contributed by atoms with Crippen LogP contribution in [0.3, 0.4) is 0 Å². The summed E-state index contributed by atoms with van der Waals surface area (Å²) in [6.07, 6.45) is 0. The summed E-state index contributed by atoms with van der Waals surface area (Å²) in [4.78, 5) is 17.4. The lowest BCUT2D eigenvalue weighted by atomic mass is 10.1. The first-order valence-electron chi connectivity index (χ1n) is 9.62. The van der Waals surface area contributed by atoms with Crippen molar-refractivity contribution in [1.29, 1.82) is 0 Å². The molecule has 0 radical (unpaired) electrons. The van der Waals surface area contributed by atoms with Gasteiger partial charge in [-0.1, -0.05) is 13.8 Å². The molecule has 0 aromatic heterocycles. The summed E-state index contributed by atoms with van der Waals surface area (Å²) >= 11 is 0. The summed E-state index contributed by atoms with van der Waals surface area (Å²) in [5.74, 6) is 1.24. The molecule has 0 unspecified atom stereocenters. The van der Waals surface area contributed by atoms with Crippen molar-refractivity contribution < 1.29 is 29.6 Å². The van der Waals surface area contributed by atoms with Crippen LogP contribution in [0.15, 0.2) is 36.4 Å². The molecule has 0 saturated heterocycles. The van der Waals surface area contributed by atoms with Crippen molar-refractivity contribution in [3.63, 3.8) is 0 Å². The fourth-order valence-electron chi connectivity index (χ4n) is 3.12. The third-order valence-electron chi connectivity index (χ3n) is 4.85. The number of ether oxygens (including phenoxy) is 3. The van der Waals surface area contributed by atoms with Crippen LogP contribution in [0, 0.1) is 0 Å². The zero-order chi connectivity index (χ0) is 21.4. The van der Waals surface area contributed by atoms with Crippen molar-refractivity contribution in [3.8, 4) is 23.0 Å². The number of rotatable bonds is 10. The Labute approximate surface area is 190 Å². The third-order valence-corrected chi connectivity index (χ3v) is 4.85. The highest BCUT2D eigenvalue weighted by molar-refractivity contribution is 6.07. The van der Waals surface area contributed by atoms with Gasteiger partial charge in [-0.15, -0.1) is 12.4 Å². The number of phenols is 1. The van der Waals surface area contributed by atoms with Crippen LogP contribution in [0.5, 0.6) is 23.0 Å². The Morgan fingerprint density at radius 3 is 1.84 bits per heavy atom. The van der Waals surface area contributed by atoms with Gasteiger partial charge >= 0.3 is 0 Å². The number of anilines is 1. The van der Waals surface area contributed by atoms with E-state index in [9.17, 15) is 9.90 Å². The van der Waals surface area contributed by atoms with Gasteiger partial charge in [-0.3, -0.25) is 4.79 Å². The number of amides is 1. The van der Waals surface area contributed by atoms with Gasteiger partial charge in [0.25, 0.3) is 5.91 Å². The molecule has 0 spiro atoms. The zero-order valence-electron chi connectivity index (χ0n) is 18.7. The molecule has 0 aliphatic carbocycles. The quantitative estimate of drug-likeness (QED) is 0.589. The molecule has 31 heavy (non-hydrogen) atoms. The maximum atomic E-state index is 13.4. The maximum absolute atomic E-state index is 13.4. The van der Waals surface area contributed by atoms with E-state index in [4.69, 9.17) is 14.2 Å². The second-order valence-electron chi connectivity index (χ2n) is 6.41. The van der Waals surface area contributed by atoms with Crippen LogP contribution in [0.1, 0.15) is 24.2 Å². The standard InChI is InChI=1S/C22H30N2O5.ClH.H2O/c1-6-23(7-2)12-13-24(17-8-10-18(25)11-9-17)22(26)16-14-19(27-3)21(29-5)20(15-16)28-4;;/h8-11,14-15,25H,6-7,12-13H2,1-5H3;1H;1H2. The van der Waals surface area contributed by atoms with Crippen molar-refractivity contribution in [2.75, 3.05) is 52.4 Å². The van der Waals surface area contributed by atoms with Gasteiger partial charge in [0, 0.05) is 24.3 Å². The summed E-state index contributed by atoms with van der Waals surface area (Å²) in [7, 11) is 4.56. The number of methoxy groups -OCH3 is 3. The smallest absolute Gasteiger partial charge is 0.258 e. The molecule has 2 rings (SSSR count). The third kappa shape index (κ3) is 6.92. The van der Waals surface area contributed by atoms with E-state index >= 15 is 0 Å². The topological polar surface area (TPSA) is 103 Å². The van der Waals surface area contributed by atoms with Crippen molar-refractivity contribution in [2.45, 2.75) is 13.8 Å². The van der Waals surface area contributed by atoms with E-state index in [2.05, 4.69) is 18.7 Å². The highest BCUT2D eigenvalue weighted by Gasteiger charge is 2.23. The first kappa shape index (κ1) is 28.3. The largest absolute Gasteiger partial charge is 0.508 e. The van der Waals surface area contributed by atoms with E-state index in [0.717, 1.165) is 19.6 Å². The summed E-state index contributed by atoms with van der Waals surface area (Å²) in [6.45, 7) is 7.22. The first-order chi connectivity index (χ1) is 14.0. The van der Waals surface area contributed by atoms with Gasteiger partial charge < -0.3 is 34.6 Å². The molecule has 3 N–H and O–H groups in total. The molecular formula is C22H33ClN2O6. The van der Waals surface area contributed by atoms with Crippen molar-refractivity contribution in [2.24, 2.45) is 0 Å². The number of hydrogen-bond donors (Lipinski definition) is 1. The fourth-order valence-corrected chi connectivity index (χ4v) is 3.12. The van der Waals surface area contributed by atoms with E-state index < -0.39 is 0 Å². The number of nitrogens with zero attached hydrogens (tertiary/aromatic N) is 2. The highest BCUT2D eigenvalue weighted by atomic mass is 35.5. The predicted octanol–water partition coefficient (Wildman–Crippen LogP) is 3.00. The van der Waals surface area contributed by atoms with E-state index in [1.807, 2.05) is 0 Å². The molecule has 0 heterocycles. The number of benzene rings is 2. The number of likely N-dealkylation sites (N-methyl/N-ethyl adjacent to an activating group) is 1. The summed E-state index contributed by atoms with van der Waals surface area (Å²) < 4.78 is 16.1. The number of carbonyl (C=O) groups excluding carboxylic acids is 1. The minimum absolute atomic E-state index is 0. The Kier molecular flexibility index (Phi) is 12.4. The molecule has 0 bridgehead atoms. The Bertz CT molecular complexity index is 787. The average Bonchev–Trinajstić information content (AvgIpc) is 2.76. The lowest BCUT2D eigenvalue weighted by molar-refractivity contribution is 0.0983. The SMILES string of the molecule is CCN(CC)CCN(C(=O)c1cc(OC)c(OC)c(OC)c1)c1ccc(O)cc1.Cl.O. The van der Waals surface area contributed by atoms with Crippen LogP contribution in [0.2, 0.25) is 0 Å². The molecule has 0 aliphatic rings. The number of halogens is 1. The van der Waals surface area contributed by atoms with E-state index in [1.165, 1.54) is 21.3 Å². The molecule has 0 atom stereocenters. The molecule has 2 aromatic rings. The number of aromatic hydroxyl groups is 1. The Morgan fingerprint density at radius 2 is 1.42 bits per heavy atom. The number of phenolic OH excluding ortho intramolecular Hbond substituents is 1. The van der Waals surface area contributed by atoms with Gasteiger partial charge in [-0.25, -0.2) is 0 Å². The molecule has 1 amide bonds. The maximum Gasteiger partial charge on any atom is 0.258 e.